The van der Waals surface area contributed by atoms with E-state index in [1.165, 1.54) is 17.7 Å². The molecule has 1 aromatic heterocycles. The lowest BCUT2D eigenvalue weighted by molar-refractivity contribution is -0.116. The first kappa shape index (κ1) is 15.3. The molecule has 0 fully saturated rings. The predicted molar refractivity (Wildman–Crippen MR) is 89.9 cm³/mol. The van der Waals surface area contributed by atoms with Crippen molar-refractivity contribution in [1.82, 2.24) is 20.1 Å². The average molecular weight is 311 g/mol. The molecule has 0 atom stereocenters. The van der Waals surface area contributed by atoms with Gasteiger partial charge in [0, 0.05) is 32.4 Å². The van der Waals surface area contributed by atoms with Crippen molar-refractivity contribution in [3.05, 3.63) is 47.6 Å². The highest BCUT2D eigenvalue weighted by Crippen LogP contribution is 2.27. The van der Waals surface area contributed by atoms with Crippen molar-refractivity contribution in [3.8, 4) is 0 Å². The van der Waals surface area contributed by atoms with Gasteiger partial charge in [0.05, 0.1) is 6.54 Å². The van der Waals surface area contributed by atoms with Crippen molar-refractivity contribution in [2.24, 2.45) is 7.05 Å². The first-order valence-electron chi connectivity index (χ1n) is 7.76. The minimum absolute atomic E-state index is 0.136. The molecule has 6 heteroatoms. The van der Waals surface area contributed by atoms with Gasteiger partial charge in [0.15, 0.2) is 5.82 Å². The molecule has 1 aliphatic heterocycles. The Morgan fingerprint density at radius 1 is 1.39 bits per heavy atom. The summed E-state index contributed by atoms with van der Waals surface area (Å²) in [5.41, 5.74) is 3.69. The van der Waals surface area contributed by atoms with Crippen molar-refractivity contribution in [1.29, 1.82) is 0 Å². The van der Waals surface area contributed by atoms with Crippen LogP contribution in [0.2, 0.25) is 0 Å². The molecule has 2 aromatic rings. The van der Waals surface area contributed by atoms with Crippen LogP contribution in [0.15, 0.2) is 30.6 Å². The molecule has 1 amide bonds. The van der Waals surface area contributed by atoms with Crippen LogP contribution in [0.25, 0.3) is 6.08 Å². The van der Waals surface area contributed by atoms with Gasteiger partial charge in [-0.3, -0.25) is 4.79 Å². The van der Waals surface area contributed by atoms with Crippen LogP contribution in [0, 0.1) is 0 Å². The monoisotopic (exact) mass is 311 g/mol. The highest BCUT2D eigenvalue weighted by atomic mass is 16.1. The molecule has 0 bridgehead atoms. The summed E-state index contributed by atoms with van der Waals surface area (Å²) in [5.74, 6) is 0.589. The molecule has 1 aliphatic rings. The van der Waals surface area contributed by atoms with Crippen LogP contribution >= 0.6 is 0 Å². The van der Waals surface area contributed by atoms with E-state index in [4.69, 9.17) is 0 Å². The number of hydrogen-bond donors (Lipinski definition) is 1. The number of carbonyl (C=O) groups excluding carboxylic acids is 1. The first-order chi connectivity index (χ1) is 11.1. The summed E-state index contributed by atoms with van der Waals surface area (Å²) in [6.45, 7) is 1.47. The van der Waals surface area contributed by atoms with Crippen molar-refractivity contribution in [2.45, 2.75) is 19.4 Å². The number of nitrogens with one attached hydrogen (secondary N) is 1. The van der Waals surface area contributed by atoms with Gasteiger partial charge in [-0.05, 0) is 42.2 Å². The van der Waals surface area contributed by atoms with Crippen LogP contribution in [0.1, 0.15) is 23.4 Å². The molecule has 120 valence electrons. The second-order valence-electron chi connectivity index (χ2n) is 5.82. The van der Waals surface area contributed by atoms with Gasteiger partial charge in [-0.15, -0.1) is 10.2 Å². The normalized spacial score (nSPS) is 14.1. The quantitative estimate of drug-likeness (QED) is 0.870. The number of rotatable bonds is 4. The highest BCUT2D eigenvalue weighted by molar-refractivity contribution is 5.91. The molecular weight excluding hydrogens is 290 g/mol. The number of nitrogens with zero attached hydrogens (tertiary/aromatic N) is 4. The van der Waals surface area contributed by atoms with Crippen LogP contribution in [-0.4, -0.2) is 34.3 Å². The third kappa shape index (κ3) is 3.59. The Morgan fingerprint density at radius 2 is 2.26 bits per heavy atom. The van der Waals surface area contributed by atoms with Gasteiger partial charge in [0.25, 0.3) is 0 Å². The maximum atomic E-state index is 11.9. The first-order valence-corrected chi connectivity index (χ1v) is 7.76. The number of aryl methyl sites for hydroxylation is 2. The molecule has 6 nitrogen and oxygen atoms in total. The maximum Gasteiger partial charge on any atom is 0.244 e. The van der Waals surface area contributed by atoms with E-state index in [2.05, 4.69) is 39.6 Å². The Labute approximate surface area is 135 Å². The Hall–Kier alpha value is -2.63. The van der Waals surface area contributed by atoms with E-state index in [1.54, 1.807) is 17.0 Å². The lowest BCUT2D eigenvalue weighted by Gasteiger charge is -2.27. The lowest BCUT2D eigenvalue weighted by atomic mass is 9.99. The van der Waals surface area contributed by atoms with Gasteiger partial charge in [-0.2, -0.15) is 0 Å². The van der Waals surface area contributed by atoms with Gasteiger partial charge < -0.3 is 14.8 Å². The Balaban J connectivity index is 1.61. The topological polar surface area (TPSA) is 63.1 Å². The van der Waals surface area contributed by atoms with Gasteiger partial charge in [-0.25, -0.2) is 0 Å². The Morgan fingerprint density at radius 3 is 3.04 bits per heavy atom. The number of aromatic nitrogens is 3. The third-order valence-corrected chi connectivity index (χ3v) is 4.11. The van der Waals surface area contributed by atoms with E-state index < -0.39 is 0 Å². The lowest BCUT2D eigenvalue weighted by Crippen LogP contribution is -2.24. The van der Waals surface area contributed by atoms with E-state index in [9.17, 15) is 4.79 Å². The van der Waals surface area contributed by atoms with Crippen molar-refractivity contribution >= 4 is 17.7 Å². The fourth-order valence-corrected chi connectivity index (χ4v) is 2.77. The van der Waals surface area contributed by atoms with Gasteiger partial charge in [0.1, 0.15) is 6.33 Å². The second-order valence-corrected chi connectivity index (χ2v) is 5.82. The molecule has 0 aliphatic carbocycles. The van der Waals surface area contributed by atoms with Crippen LogP contribution < -0.4 is 10.2 Å². The van der Waals surface area contributed by atoms with Crippen LogP contribution in [0.5, 0.6) is 0 Å². The van der Waals surface area contributed by atoms with E-state index in [0.717, 1.165) is 24.4 Å². The molecule has 1 N–H and O–H groups in total. The summed E-state index contributed by atoms with van der Waals surface area (Å²) in [4.78, 5) is 14.2. The van der Waals surface area contributed by atoms with Crippen molar-refractivity contribution in [3.63, 3.8) is 0 Å². The summed E-state index contributed by atoms with van der Waals surface area (Å²) in [6, 6.07) is 6.34. The highest BCUT2D eigenvalue weighted by Gasteiger charge is 2.13. The zero-order chi connectivity index (χ0) is 16.2. The average Bonchev–Trinajstić information content (AvgIpc) is 2.96. The predicted octanol–water partition coefficient (Wildman–Crippen LogP) is 1.53. The summed E-state index contributed by atoms with van der Waals surface area (Å²) in [5, 5.41) is 10.5. The molecule has 3 rings (SSSR count). The molecule has 0 unspecified atom stereocenters. The number of fused-ring (bicyclic) bond motifs is 1. The largest absolute Gasteiger partial charge is 0.374 e. The van der Waals surface area contributed by atoms with E-state index >= 15 is 0 Å². The van der Waals surface area contributed by atoms with E-state index in [-0.39, 0.29) is 5.91 Å². The van der Waals surface area contributed by atoms with E-state index in [1.807, 2.05) is 19.2 Å². The maximum absolute atomic E-state index is 11.9. The Bertz CT molecular complexity index is 734. The van der Waals surface area contributed by atoms with Gasteiger partial charge >= 0.3 is 0 Å². The number of benzene rings is 1. The molecule has 1 aromatic carbocycles. The standard InChI is InChI=1S/C17H21N5O/c1-21-9-3-4-14-10-13(5-7-15(14)21)6-8-17(23)18-11-16-20-19-12-22(16)2/h5-8,10,12H,3-4,9,11H2,1-2H3,(H,18,23). The summed E-state index contributed by atoms with van der Waals surface area (Å²) in [7, 11) is 3.97. The minimum atomic E-state index is -0.136. The van der Waals surface area contributed by atoms with Gasteiger partial charge in [-0.1, -0.05) is 6.07 Å². The fraction of sp³-hybridized carbons (Fsp3) is 0.353. The SMILES string of the molecule is CN1CCCc2cc(C=CC(=O)NCc3nncn3C)ccc21. The number of hydrogen-bond acceptors (Lipinski definition) is 4. The van der Waals surface area contributed by atoms with Crippen molar-refractivity contribution < 1.29 is 4.79 Å². The molecule has 0 radical (unpaired) electrons. The van der Waals surface area contributed by atoms with Crippen LogP contribution in [-0.2, 0) is 24.8 Å². The number of amides is 1. The van der Waals surface area contributed by atoms with E-state index in [0.29, 0.717) is 6.54 Å². The molecule has 2 heterocycles. The minimum Gasteiger partial charge on any atom is -0.374 e. The number of carbonyl (C=O) groups is 1. The molecular formula is C17H21N5O. The molecule has 0 spiro atoms. The molecule has 0 saturated carbocycles. The summed E-state index contributed by atoms with van der Waals surface area (Å²) in [6.07, 6.45) is 7.29. The van der Waals surface area contributed by atoms with Crippen molar-refractivity contribution in [2.75, 3.05) is 18.5 Å². The summed E-state index contributed by atoms with van der Waals surface area (Å²) >= 11 is 0. The fourth-order valence-electron chi connectivity index (χ4n) is 2.77. The molecule has 0 saturated heterocycles. The second kappa shape index (κ2) is 6.64. The van der Waals surface area contributed by atoms with Crippen LogP contribution in [0.3, 0.4) is 0 Å². The third-order valence-electron chi connectivity index (χ3n) is 4.11. The number of anilines is 1. The zero-order valence-electron chi connectivity index (χ0n) is 13.5. The zero-order valence-corrected chi connectivity index (χ0v) is 13.5. The summed E-state index contributed by atoms with van der Waals surface area (Å²) < 4.78 is 1.78. The van der Waals surface area contributed by atoms with Gasteiger partial charge in [0.2, 0.25) is 5.91 Å². The Kier molecular flexibility index (Phi) is 4.41. The smallest absolute Gasteiger partial charge is 0.244 e. The molecule has 23 heavy (non-hydrogen) atoms. The van der Waals surface area contributed by atoms with Crippen LogP contribution in [0.4, 0.5) is 5.69 Å².